The molecule has 0 aliphatic carbocycles. The van der Waals surface area contributed by atoms with Gasteiger partial charge in [-0.15, -0.1) is 0 Å². The Morgan fingerprint density at radius 3 is 2.25 bits per heavy atom. The number of benzene rings is 2. The van der Waals surface area contributed by atoms with Crippen LogP contribution in [0.1, 0.15) is 47.8 Å². The van der Waals surface area contributed by atoms with Gasteiger partial charge in [-0.2, -0.15) is 0 Å². The number of piperazine rings is 1. The predicted octanol–water partition coefficient (Wildman–Crippen LogP) is 0.201. The zero-order chi connectivity index (χ0) is 32.2. The highest BCUT2D eigenvalue weighted by atomic mass is 16.5. The van der Waals surface area contributed by atoms with Crippen molar-refractivity contribution >= 4 is 11.9 Å². The summed E-state index contributed by atoms with van der Waals surface area (Å²) in [5, 5.41) is 56.7. The summed E-state index contributed by atoms with van der Waals surface area (Å²) in [5.74, 6) is -0.213. The molecule has 0 saturated carbocycles. The molecule has 2 saturated heterocycles. The van der Waals surface area contributed by atoms with Gasteiger partial charge in [-0.3, -0.25) is 4.79 Å². The first-order valence-electron chi connectivity index (χ1n) is 15.1. The molecule has 7 N–H and O–H groups in total. The smallest absolute Gasteiger partial charge is 0.315 e. The predicted molar refractivity (Wildman–Crippen MR) is 163 cm³/mol. The fourth-order valence-corrected chi connectivity index (χ4v) is 5.68. The summed E-state index contributed by atoms with van der Waals surface area (Å²) in [6, 6.07) is 10.8. The van der Waals surface area contributed by atoms with Crippen LogP contribution in [0, 0.1) is 6.92 Å². The molecule has 0 bridgehead atoms. The van der Waals surface area contributed by atoms with Gasteiger partial charge in [-0.1, -0.05) is 24.3 Å². The topological polar surface area (TPSA) is 175 Å². The van der Waals surface area contributed by atoms with Crippen molar-refractivity contribution in [3.8, 4) is 5.75 Å². The largest absolute Gasteiger partial charge is 0.508 e. The second-order valence-electron chi connectivity index (χ2n) is 12.4. The molecule has 242 valence electrons. The van der Waals surface area contributed by atoms with Crippen molar-refractivity contribution < 1.29 is 39.9 Å². The number of aliphatic hydroxyl groups excluding tert-OH is 4. The second kappa shape index (κ2) is 14.2. The first-order valence-corrected chi connectivity index (χ1v) is 15.1. The van der Waals surface area contributed by atoms with Gasteiger partial charge in [0.25, 0.3) is 0 Å². The molecule has 0 aromatic heterocycles. The summed E-state index contributed by atoms with van der Waals surface area (Å²) in [7, 11) is 2.02. The number of phenolic OH excluding ortho intramolecular Hbond substituents is 1. The Bertz CT molecular complexity index is 1290. The minimum atomic E-state index is -1.54. The lowest BCUT2D eigenvalue weighted by Crippen LogP contribution is -2.60. The Balaban J connectivity index is 1.31. The summed E-state index contributed by atoms with van der Waals surface area (Å²) in [5.41, 5.74) is 2.95. The summed E-state index contributed by atoms with van der Waals surface area (Å²) in [6.45, 7) is 8.04. The number of likely N-dealkylation sites (N-methyl/N-ethyl adjacent to an activating group) is 1. The van der Waals surface area contributed by atoms with E-state index in [1.807, 2.05) is 38.2 Å². The second-order valence-corrected chi connectivity index (χ2v) is 12.4. The Hall–Kier alpha value is -3.26. The maximum absolute atomic E-state index is 12.9. The molecule has 4 rings (SSSR count). The van der Waals surface area contributed by atoms with Gasteiger partial charge < -0.3 is 50.7 Å². The molecular formula is C32H46N4O8. The molecule has 0 spiro atoms. The maximum Gasteiger partial charge on any atom is 0.315 e. The fourth-order valence-electron chi connectivity index (χ4n) is 5.68. The van der Waals surface area contributed by atoms with Crippen LogP contribution in [0.3, 0.4) is 0 Å². The van der Waals surface area contributed by atoms with Crippen LogP contribution in [0.2, 0.25) is 0 Å². The first kappa shape index (κ1) is 33.6. The molecule has 44 heavy (non-hydrogen) atoms. The Labute approximate surface area is 258 Å². The Kier molecular flexibility index (Phi) is 10.9. The first-order chi connectivity index (χ1) is 20.8. The van der Waals surface area contributed by atoms with E-state index in [1.54, 1.807) is 30.9 Å². The van der Waals surface area contributed by atoms with Gasteiger partial charge in [0.2, 0.25) is 5.91 Å². The zero-order valence-electron chi connectivity index (χ0n) is 25.9. The number of ether oxygens (including phenoxy) is 1. The minimum Gasteiger partial charge on any atom is -0.508 e. The minimum absolute atomic E-state index is 0.0967. The molecule has 2 aliphatic rings. The molecule has 5 atom stereocenters. The van der Waals surface area contributed by atoms with Crippen molar-refractivity contribution in [3.05, 3.63) is 64.2 Å². The van der Waals surface area contributed by atoms with E-state index in [0.29, 0.717) is 32.5 Å². The molecule has 2 fully saturated rings. The number of aliphatic hydroxyl groups is 4. The highest BCUT2D eigenvalue weighted by Gasteiger charge is 2.45. The Morgan fingerprint density at radius 2 is 1.61 bits per heavy atom. The third kappa shape index (κ3) is 7.87. The van der Waals surface area contributed by atoms with Crippen LogP contribution in [0.15, 0.2) is 36.4 Å². The van der Waals surface area contributed by atoms with Gasteiger partial charge in [-0.25, -0.2) is 4.79 Å². The molecular weight excluding hydrogens is 568 g/mol. The van der Waals surface area contributed by atoms with E-state index in [1.165, 1.54) is 0 Å². The molecule has 2 aromatic rings. The number of nitrogens with one attached hydrogen (secondary N) is 2. The molecule has 0 radical (unpaired) electrons. The quantitative estimate of drug-likeness (QED) is 0.208. The zero-order valence-corrected chi connectivity index (χ0v) is 25.9. The maximum atomic E-state index is 12.9. The van der Waals surface area contributed by atoms with E-state index >= 15 is 0 Å². The lowest BCUT2D eigenvalue weighted by Gasteiger charge is -2.40. The van der Waals surface area contributed by atoms with E-state index in [0.717, 1.165) is 35.3 Å². The van der Waals surface area contributed by atoms with Gasteiger partial charge in [0.1, 0.15) is 41.8 Å². The summed E-state index contributed by atoms with van der Waals surface area (Å²) in [6.07, 6.45) is -5.61. The van der Waals surface area contributed by atoms with Crippen molar-refractivity contribution in [2.45, 2.75) is 69.7 Å². The number of nitrogens with zero attached hydrogens (tertiary/aromatic N) is 2. The van der Waals surface area contributed by atoms with Crippen molar-refractivity contribution in [3.63, 3.8) is 0 Å². The fraction of sp³-hybridized carbons (Fsp3) is 0.562. The highest BCUT2D eigenvalue weighted by molar-refractivity contribution is 5.90. The number of urea groups is 1. The summed E-state index contributed by atoms with van der Waals surface area (Å²) >= 11 is 0. The van der Waals surface area contributed by atoms with Crippen LogP contribution in [0.4, 0.5) is 4.79 Å². The molecule has 3 amide bonds. The summed E-state index contributed by atoms with van der Waals surface area (Å²) < 4.78 is 5.66. The van der Waals surface area contributed by atoms with Crippen LogP contribution in [0.5, 0.6) is 5.75 Å². The number of hydrogen-bond acceptors (Lipinski definition) is 9. The van der Waals surface area contributed by atoms with Crippen molar-refractivity contribution in [1.82, 2.24) is 20.4 Å². The van der Waals surface area contributed by atoms with Crippen molar-refractivity contribution in [1.29, 1.82) is 0 Å². The van der Waals surface area contributed by atoms with Crippen LogP contribution in [0.25, 0.3) is 0 Å². The number of hydrogen-bond donors (Lipinski definition) is 7. The molecule has 12 nitrogen and oxygen atoms in total. The monoisotopic (exact) mass is 614 g/mol. The third-order valence-electron chi connectivity index (χ3n) is 8.55. The lowest BCUT2D eigenvalue weighted by atomic mass is 9.88. The van der Waals surface area contributed by atoms with Gasteiger partial charge in [0.15, 0.2) is 0 Å². The number of rotatable bonds is 9. The Morgan fingerprint density at radius 1 is 0.977 bits per heavy atom. The van der Waals surface area contributed by atoms with Crippen LogP contribution >= 0.6 is 0 Å². The van der Waals surface area contributed by atoms with Crippen molar-refractivity contribution in [2.75, 3.05) is 46.4 Å². The normalized spacial score (nSPS) is 24.6. The standard InChI is InChI=1S/C32H46N4O8/c1-19-15-24(38)23(29-28(41)27(40)26(39)25(18-37)44-29)17-22(19)16-21-7-5-20(6-8-21)9-10-33-31(43)34-32(2,3)30(42)36-13-11-35(4)12-14-36/h5-8,15,17,25-29,37-41H,9-14,16,18H2,1-4H3,(H2,33,34,43)/t25-,26-,27+,28-,29+/m1/s1. The van der Waals surface area contributed by atoms with Crippen molar-refractivity contribution in [2.24, 2.45) is 0 Å². The number of aryl methyl sites for hydroxylation is 1. The molecule has 12 heteroatoms. The lowest BCUT2D eigenvalue weighted by molar-refractivity contribution is -0.232. The average Bonchev–Trinajstić information content (AvgIpc) is 2.98. The van der Waals surface area contributed by atoms with E-state index in [-0.39, 0.29) is 17.2 Å². The van der Waals surface area contributed by atoms with Gasteiger partial charge >= 0.3 is 6.03 Å². The van der Waals surface area contributed by atoms with E-state index in [9.17, 15) is 35.1 Å². The highest BCUT2D eigenvalue weighted by Crippen LogP contribution is 2.38. The van der Waals surface area contributed by atoms with E-state index in [2.05, 4.69) is 15.5 Å². The average molecular weight is 615 g/mol. The number of phenols is 1. The van der Waals surface area contributed by atoms with E-state index in [4.69, 9.17) is 4.74 Å². The molecule has 2 heterocycles. The van der Waals surface area contributed by atoms with E-state index < -0.39 is 48.7 Å². The van der Waals surface area contributed by atoms with Crippen LogP contribution in [-0.2, 0) is 22.4 Å². The number of carbonyl (C=O) groups is 2. The third-order valence-corrected chi connectivity index (χ3v) is 8.55. The van der Waals surface area contributed by atoms with Gasteiger partial charge in [0, 0.05) is 38.3 Å². The number of aromatic hydroxyl groups is 1. The molecule has 2 aliphatic heterocycles. The van der Waals surface area contributed by atoms with Gasteiger partial charge in [0.05, 0.1) is 6.61 Å². The summed E-state index contributed by atoms with van der Waals surface area (Å²) in [4.78, 5) is 29.4. The van der Waals surface area contributed by atoms with Crippen LogP contribution in [-0.4, -0.2) is 124 Å². The van der Waals surface area contributed by atoms with Crippen LogP contribution < -0.4 is 10.6 Å². The molecule has 0 unspecified atom stereocenters. The molecule has 2 aromatic carbocycles. The SMILES string of the molecule is Cc1cc(O)c([C@@H]2O[C@H](CO)[C@@H](O)[C@H](O)[C@H]2O)cc1Cc1ccc(CCNC(=O)NC(C)(C)C(=O)N2CCN(C)CC2)cc1. The van der Waals surface area contributed by atoms with Gasteiger partial charge in [-0.05, 0) is 75.0 Å². The number of carbonyl (C=O) groups excluding carboxylic acids is 2. The number of amides is 3.